The third-order valence-corrected chi connectivity index (χ3v) is 4.26. The van der Waals surface area contributed by atoms with E-state index in [0.717, 1.165) is 6.42 Å². The molecule has 1 heterocycles. The molecule has 0 radical (unpaired) electrons. The van der Waals surface area contributed by atoms with Crippen LogP contribution in [0.15, 0.2) is 60.7 Å². The average Bonchev–Trinajstić information content (AvgIpc) is 2.72. The second-order valence-corrected chi connectivity index (χ2v) is 5.95. The number of esters is 1. The van der Waals surface area contributed by atoms with Crippen LogP contribution >= 0.6 is 0 Å². The predicted octanol–water partition coefficient (Wildman–Crippen LogP) is 3.03. The highest BCUT2D eigenvalue weighted by molar-refractivity contribution is 5.91. The van der Waals surface area contributed by atoms with Gasteiger partial charge < -0.3 is 9.64 Å². The van der Waals surface area contributed by atoms with E-state index in [1.165, 1.54) is 17.2 Å². The minimum absolute atomic E-state index is 0.224. The molecule has 5 nitrogen and oxygen atoms in total. The Morgan fingerprint density at radius 3 is 2.62 bits per heavy atom. The number of rotatable bonds is 4. The van der Waals surface area contributed by atoms with Gasteiger partial charge in [0.1, 0.15) is 0 Å². The highest BCUT2D eigenvalue weighted by Gasteiger charge is 2.19. The average molecular weight is 346 g/mol. The standard InChI is InChI=1S/C21H18N2O3/c22-14-16-5-4-8-19(13-16)21(25)26-15-20(24)23-11-9-18(10-12-23)17-6-2-1-3-7-17/h1-9,13H,10-12,15H2. The van der Waals surface area contributed by atoms with E-state index in [4.69, 9.17) is 10.00 Å². The Kier molecular flexibility index (Phi) is 5.45. The van der Waals surface area contributed by atoms with Crippen molar-refractivity contribution in [2.45, 2.75) is 6.42 Å². The maximum Gasteiger partial charge on any atom is 0.338 e. The van der Waals surface area contributed by atoms with Gasteiger partial charge in [-0.2, -0.15) is 5.26 Å². The summed E-state index contributed by atoms with van der Waals surface area (Å²) in [6.45, 7) is 0.801. The molecule has 0 saturated carbocycles. The van der Waals surface area contributed by atoms with Crippen LogP contribution < -0.4 is 0 Å². The Morgan fingerprint density at radius 2 is 1.92 bits per heavy atom. The van der Waals surface area contributed by atoms with E-state index in [9.17, 15) is 9.59 Å². The van der Waals surface area contributed by atoms with Gasteiger partial charge in [-0.15, -0.1) is 0 Å². The number of nitriles is 1. The second kappa shape index (κ2) is 8.13. The van der Waals surface area contributed by atoms with Crippen LogP contribution in [0.4, 0.5) is 0 Å². The normalized spacial score (nSPS) is 13.5. The Hall–Kier alpha value is -3.39. The van der Waals surface area contributed by atoms with Crippen molar-refractivity contribution in [3.63, 3.8) is 0 Å². The van der Waals surface area contributed by atoms with E-state index in [-0.39, 0.29) is 18.1 Å². The molecule has 0 spiro atoms. The fourth-order valence-electron chi connectivity index (χ4n) is 2.83. The summed E-state index contributed by atoms with van der Waals surface area (Å²) in [6.07, 6.45) is 2.81. The van der Waals surface area contributed by atoms with Gasteiger partial charge in [0, 0.05) is 13.1 Å². The lowest BCUT2D eigenvalue weighted by Crippen LogP contribution is -2.37. The van der Waals surface area contributed by atoms with Crippen LogP contribution in [0, 0.1) is 11.3 Å². The topological polar surface area (TPSA) is 70.4 Å². The maximum atomic E-state index is 12.3. The molecule has 130 valence electrons. The summed E-state index contributed by atoms with van der Waals surface area (Å²) in [5.74, 6) is -0.828. The largest absolute Gasteiger partial charge is 0.452 e. The summed E-state index contributed by atoms with van der Waals surface area (Å²) >= 11 is 0. The Labute approximate surface area is 152 Å². The van der Waals surface area contributed by atoms with Gasteiger partial charge in [0.15, 0.2) is 6.61 Å². The number of benzene rings is 2. The zero-order valence-corrected chi connectivity index (χ0v) is 14.2. The number of amides is 1. The minimum atomic E-state index is -0.604. The third kappa shape index (κ3) is 4.17. The number of hydrogen-bond acceptors (Lipinski definition) is 4. The third-order valence-electron chi connectivity index (χ3n) is 4.26. The van der Waals surface area contributed by atoms with Gasteiger partial charge in [-0.25, -0.2) is 4.79 Å². The van der Waals surface area contributed by atoms with Crippen LogP contribution in [0.2, 0.25) is 0 Å². The summed E-state index contributed by atoms with van der Waals surface area (Å²) in [6, 6.07) is 18.3. The van der Waals surface area contributed by atoms with E-state index in [1.54, 1.807) is 23.1 Å². The van der Waals surface area contributed by atoms with Crippen LogP contribution in [0.3, 0.4) is 0 Å². The molecule has 0 bridgehead atoms. The molecule has 2 aromatic carbocycles. The van der Waals surface area contributed by atoms with Gasteiger partial charge in [-0.1, -0.05) is 42.5 Å². The number of nitrogens with zero attached hydrogens (tertiary/aromatic N) is 2. The SMILES string of the molecule is N#Cc1cccc(C(=O)OCC(=O)N2CC=C(c3ccccc3)CC2)c1. The van der Waals surface area contributed by atoms with Crippen LogP contribution in [-0.4, -0.2) is 36.5 Å². The molecular formula is C21H18N2O3. The van der Waals surface area contributed by atoms with E-state index < -0.39 is 5.97 Å². The highest BCUT2D eigenvalue weighted by Crippen LogP contribution is 2.22. The van der Waals surface area contributed by atoms with Crippen molar-refractivity contribution in [1.29, 1.82) is 5.26 Å². The molecule has 26 heavy (non-hydrogen) atoms. The lowest BCUT2D eigenvalue weighted by Gasteiger charge is -2.26. The molecule has 1 amide bonds. The van der Waals surface area contributed by atoms with Gasteiger partial charge in [0.2, 0.25) is 0 Å². The molecule has 1 aliphatic rings. The summed E-state index contributed by atoms with van der Waals surface area (Å²) in [7, 11) is 0. The molecule has 1 aliphatic heterocycles. The Morgan fingerprint density at radius 1 is 1.12 bits per heavy atom. The smallest absolute Gasteiger partial charge is 0.338 e. The van der Waals surface area contributed by atoms with E-state index >= 15 is 0 Å². The highest BCUT2D eigenvalue weighted by atomic mass is 16.5. The van der Waals surface area contributed by atoms with Crippen LogP contribution in [0.1, 0.15) is 27.9 Å². The lowest BCUT2D eigenvalue weighted by atomic mass is 10.00. The Bertz CT molecular complexity index is 882. The lowest BCUT2D eigenvalue weighted by molar-refractivity contribution is -0.134. The fourth-order valence-corrected chi connectivity index (χ4v) is 2.83. The molecule has 0 N–H and O–H groups in total. The molecule has 0 saturated heterocycles. The molecule has 3 rings (SSSR count). The number of carbonyl (C=O) groups is 2. The van der Waals surface area contributed by atoms with Crippen molar-refractivity contribution in [3.8, 4) is 6.07 Å². The van der Waals surface area contributed by atoms with E-state index in [2.05, 4.69) is 12.1 Å². The predicted molar refractivity (Wildman–Crippen MR) is 97.1 cm³/mol. The van der Waals surface area contributed by atoms with E-state index in [1.807, 2.05) is 30.3 Å². The maximum absolute atomic E-state index is 12.3. The molecule has 5 heteroatoms. The molecule has 0 aliphatic carbocycles. The second-order valence-electron chi connectivity index (χ2n) is 5.95. The zero-order valence-electron chi connectivity index (χ0n) is 14.2. The van der Waals surface area contributed by atoms with Crippen molar-refractivity contribution < 1.29 is 14.3 Å². The summed E-state index contributed by atoms with van der Waals surface area (Å²) in [5.41, 5.74) is 3.03. The van der Waals surface area contributed by atoms with Crippen molar-refractivity contribution in [1.82, 2.24) is 4.90 Å². The monoisotopic (exact) mass is 346 g/mol. The van der Waals surface area contributed by atoms with Crippen molar-refractivity contribution in [2.75, 3.05) is 19.7 Å². The van der Waals surface area contributed by atoms with Gasteiger partial charge in [0.05, 0.1) is 17.2 Å². The van der Waals surface area contributed by atoms with E-state index in [0.29, 0.717) is 18.7 Å². The molecule has 0 aromatic heterocycles. The fraction of sp³-hybridized carbons (Fsp3) is 0.190. The van der Waals surface area contributed by atoms with Gasteiger partial charge in [0.25, 0.3) is 5.91 Å². The van der Waals surface area contributed by atoms with Crippen molar-refractivity contribution in [2.24, 2.45) is 0 Å². The van der Waals surface area contributed by atoms with Crippen molar-refractivity contribution in [3.05, 3.63) is 77.4 Å². The van der Waals surface area contributed by atoms with Crippen LogP contribution in [-0.2, 0) is 9.53 Å². The van der Waals surface area contributed by atoms with Gasteiger partial charge in [-0.3, -0.25) is 4.79 Å². The number of ether oxygens (including phenoxy) is 1. The summed E-state index contributed by atoms with van der Waals surface area (Å²) in [5, 5.41) is 8.87. The molecular weight excluding hydrogens is 328 g/mol. The molecule has 0 fully saturated rings. The number of hydrogen-bond donors (Lipinski definition) is 0. The minimum Gasteiger partial charge on any atom is -0.452 e. The van der Waals surface area contributed by atoms with Crippen molar-refractivity contribution >= 4 is 17.4 Å². The van der Waals surface area contributed by atoms with Gasteiger partial charge >= 0.3 is 5.97 Å². The molecule has 2 aromatic rings. The molecule has 0 unspecified atom stereocenters. The summed E-state index contributed by atoms with van der Waals surface area (Å²) < 4.78 is 5.09. The van der Waals surface area contributed by atoms with Gasteiger partial charge in [-0.05, 0) is 35.8 Å². The summed E-state index contributed by atoms with van der Waals surface area (Å²) in [4.78, 5) is 26.0. The molecule has 0 atom stereocenters. The first-order chi connectivity index (χ1) is 12.7. The first kappa shape index (κ1) is 17.4. The zero-order chi connectivity index (χ0) is 18.4. The quantitative estimate of drug-likeness (QED) is 0.798. The Balaban J connectivity index is 1.54. The number of carbonyl (C=O) groups excluding carboxylic acids is 2. The first-order valence-electron chi connectivity index (χ1n) is 8.37. The van der Waals surface area contributed by atoms with Crippen LogP contribution in [0.5, 0.6) is 0 Å². The first-order valence-corrected chi connectivity index (χ1v) is 8.37. The van der Waals surface area contributed by atoms with Crippen LogP contribution in [0.25, 0.3) is 5.57 Å².